The van der Waals surface area contributed by atoms with E-state index in [1.807, 2.05) is 37.3 Å². The lowest BCUT2D eigenvalue weighted by atomic mass is 9.99. The van der Waals surface area contributed by atoms with E-state index in [0.29, 0.717) is 36.4 Å². The number of aryl methyl sites for hydroxylation is 1. The smallest absolute Gasteiger partial charge is 0.415 e. The Balaban J connectivity index is 1.57. The SMILES string of the molecule is Cc1c(Cc2cccc(N[SH+](=O)N(C)C)c2)c(=O)oc2cc(OC(=O)N3CCCC3)ccc12. The van der Waals surface area contributed by atoms with Crippen molar-refractivity contribution in [3.05, 3.63) is 69.6 Å². The molecule has 3 aromatic rings. The van der Waals surface area contributed by atoms with E-state index in [4.69, 9.17) is 9.15 Å². The van der Waals surface area contributed by atoms with Crippen molar-refractivity contribution < 1.29 is 18.2 Å². The fourth-order valence-corrected chi connectivity index (χ4v) is 4.43. The van der Waals surface area contributed by atoms with E-state index in [-0.39, 0.29) is 6.09 Å². The summed E-state index contributed by atoms with van der Waals surface area (Å²) in [5, 5.41) is 0.788. The van der Waals surface area contributed by atoms with Crippen LogP contribution in [0.4, 0.5) is 10.5 Å². The van der Waals surface area contributed by atoms with Crippen LogP contribution in [0.25, 0.3) is 11.0 Å². The highest BCUT2D eigenvalue weighted by Crippen LogP contribution is 2.26. The number of carbonyl (C=O) groups excluding carboxylic acids is 1. The second-order valence-electron chi connectivity index (χ2n) is 8.32. The number of nitrogens with zero attached hydrogens (tertiary/aromatic N) is 2. The lowest BCUT2D eigenvalue weighted by Crippen LogP contribution is -2.30. The third kappa shape index (κ3) is 5.26. The minimum Gasteiger partial charge on any atom is -0.422 e. The molecule has 1 amide bonds. The minimum absolute atomic E-state index is 0.350. The quantitative estimate of drug-likeness (QED) is 0.336. The summed E-state index contributed by atoms with van der Waals surface area (Å²) in [5.41, 5.74) is 2.93. The number of rotatable bonds is 6. The number of anilines is 1. The molecule has 1 aromatic heterocycles. The molecule has 1 saturated heterocycles. The number of thiol groups is 1. The van der Waals surface area contributed by atoms with Crippen LogP contribution in [0.15, 0.2) is 51.7 Å². The number of hydrogen-bond donors (Lipinski definition) is 1. The summed E-state index contributed by atoms with van der Waals surface area (Å²) in [6.45, 7) is 3.29. The third-order valence-corrected chi connectivity index (χ3v) is 6.90. The summed E-state index contributed by atoms with van der Waals surface area (Å²) in [7, 11) is 3.47. The number of benzene rings is 2. The monoisotopic (exact) mass is 470 g/mol. The second kappa shape index (κ2) is 9.76. The zero-order valence-electron chi connectivity index (χ0n) is 19.0. The van der Waals surface area contributed by atoms with Gasteiger partial charge in [-0.15, -0.1) is 4.31 Å². The third-order valence-electron chi connectivity index (χ3n) is 5.72. The summed E-state index contributed by atoms with van der Waals surface area (Å²) in [5.74, 6) is 0.350. The van der Waals surface area contributed by atoms with Crippen LogP contribution in [0.2, 0.25) is 0 Å². The Hall–Kier alpha value is -3.17. The maximum Gasteiger partial charge on any atom is 0.415 e. The van der Waals surface area contributed by atoms with E-state index >= 15 is 0 Å². The van der Waals surface area contributed by atoms with Crippen LogP contribution in [0.3, 0.4) is 0 Å². The van der Waals surface area contributed by atoms with Gasteiger partial charge >= 0.3 is 11.7 Å². The van der Waals surface area contributed by atoms with E-state index in [1.54, 1.807) is 35.4 Å². The van der Waals surface area contributed by atoms with Crippen molar-refractivity contribution in [2.75, 3.05) is 31.9 Å². The van der Waals surface area contributed by atoms with Crippen molar-refractivity contribution in [3.8, 4) is 5.75 Å². The molecule has 8 nitrogen and oxygen atoms in total. The molecule has 1 fully saturated rings. The summed E-state index contributed by atoms with van der Waals surface area (Å²) in [4.78, 5) is 26.7. The van der Waals surface area contributed by atoms with Crippen molar-refractivity contribution in [2.24, 2.45) is 0 Å². The highest BCUT2D eigenvalue weighted by Gasteiger charge is 2.20. The van der Waals surface area contributed by atoms with Gasteiger partial charge in [0.1, 0.15) is 11.3 Å². The normalized spacial score (nSPS) is 14.6. The number of carbonyl (C=O) groups is 1. The highest BCUT2D eigenvalue weighted by molar-refractivity contribution is 7.83. The maximum atomic E-state index is 12.8. The molecule has 1 atom stereocenters. The molecular formula is C24H28N3O5S+. The predicted octanol–water partition coefficient (Wildman–Crippen LogP) is 3.79. The van der Waals surface area contributed by atoms with Gasteiger partial charge in [-0.05, 0) is 55.2 Å². The molecule has 0 radical (unpaired) electrons. The molecule has 0 spiro atoms. The fourth-order valence-electron chi connectivity index (χ4n) is 3.87. The first-order valence-corrected chi connectivity index (χ1v) is 12.1. The standard InChI is InChI=1S/C24H27N3O5S/c1-16-20-10-9-19(31-24(29)27-11-4-5-12-27)15-22(20)32-23(28)21(16)14-17-7-6-8-18(13-17)25-33(30)26(2)3/h6-10,13,15H,4-5,11-12,14H2,1-3H3,(H,25,30)/p+1. The van der Waals surface area contributed by atoms with E-state index < -0.39 is 16.8 Å². The van der Waals surface area contributed by atoms with Gasteiger partial charge in [0.15, 0.2) is 0 Å². The van der Waals surface area contributed by atoms with Crippen LogP contribution in [0, 0.1) is 6.92 Å². The summed E-state index contributed by atoms with van der Waals surface area (Å²) < 4.78 is 27.7. The molecule has 4 rings (SSSR count). The molecule has 1 unspecified atom stereocenters. The molecule has 1 aliphatic heterocycles. The van der Waals surface area contributed by atoms with E-state index in [2.05, 4.69) is 4.72 Å². The molecule has 174 valence electrons. The van der Waals surface area contributed by atoms with Crippen LogP contribution in [0.1, 0.15) is 29.5 Å². The van der Waals surface area contributed by atoms with Crippen LogP contribution in [-0.2, 0) is 21.8 Å². The van der Waals surface area contributed by atoms with Crippen molar-refractivity contribution in [1.29, 1.82) is 0 Å². The van der Waals surface area contributed by atoms with Crippen molar-refractivity contribution >= 4 is 33.9 Å². The van der Waals surface area contributed by atoms with Gasteiger partial charge in [-0.3, -0.25) is 0 Å². The van der Waals surface area contributed by atoms with Gasteiger partial charge < -0.3 is 14.1 Å². The average Bonchev–Trinajstić information content (AvgIpc) is 3.32. The maximum absolute atomic E-state index is 12.8. The first-order valence-electron chi connectivity index (χ1n) is 10.8. The Labute approximate surface area is 194 Å². The Kier molecular flexibility index (Phi) is 6.80. The largest absolute Gasteiger partial charge is 0.422 e. The van der Waals surface area contributed by atoms with Crippen LogP contribution in [-0.4, -0.2) is 42.5 Å². The topological polar surface area (TPSA) is 92.1 Å². The molecule has 0 aliphatic carbocycles. The first-order chi connectivity index (χ1) is 15.8. The van der Waals surface area contributed by atoms with Gasteiger partial charge in [-0.2, -0.15) is 4.72 Å². The minimum atomic E-state index is -1.72. The summed E-state index contributed by atoms with van der Waals surface area (Å²) in [6.07, 6.45) is 1.96. The van der Waals surface area contributed by atoms with Crippen molar-refractivity contribution in [3.63, 3.8) is 0 Å². The van der Waals surface area contributed by atoms with E-state index in [9.17, 15) is 13.8 Å². The van der Waals surface area contributed by atoms with Gasteiger partial charge in [-0.25, -0.2) is 9.59 Å². The Morgan fingerprint density at radius 1 is 1.18 bits per heavy atom. The molecular weight excluding hydrogens is 442 g/mol. The van der Waals surface area contributed by atoms with Gasteiger partial charge in [0.05, 0.1) is 5.69 Å². The number of ether oxygens (including phenoxy) is 1. The lowest BCUT2D eigenvalue weighted by molar-refractivity contribution is 0.163. The molecule has 1 N–H and O–H groups in total. The number of likely N-dealkylation sites (tertiary alicyclic amines) is 1. The van der Waals surface area contributed by atoms with Gasteiger partial charge in [0.2, 0.25) is 11.2 Å². The Morgan fingerprint density at radius 3 is 2.67 bits per heavy atom. The van der Waals surface area contributed by atoms with Crippen molar-refractivity contribution in [2.45, 2.75) is 26.2 Å². The van der Waals surface area contributed by atoms with Crippen molar-refractivity contribution in [1.82, 2.24) is 9.21 Å². The van der Waals surface area contributed by atoms with E-state index in [1.165, 1.54) is 0 Å². The van der Waals surface area contributed by atoms with Crippen LogP contribution >= 0.6 is 0 Å². The number of nitrogens with one attached hydrogen (secondary N) is 1. The number of hydrogen-bond acceptors (Lipinski definition) is 5. The van der Waals surface area contributed by atoms with E-state index in [0.717, 1.165) is 35.0 Å². The molecule has 2 heterocycles. The molecule has 0 bridgehead atoms. The number of fused-ring (bicyclic) bond motifs is 1. The molecule has 9 heteroatoms. The molecule has 0 saturated carbocycles. The zero-order chi connectivity index (χ0) is 23.5. The summed E-state index contributed by atoms with van der Waals surface area (Å²) >= 11 is -1.72. The first kappa shape index (κ1) is 23.0. The number of amides is 1. The highest BCUT2D eigenvalue weighted by atomic mass is 32.2. The van der Waals surface area contributed by atoms with Crippen LogP contribution < -0.4 is 15.1 Å². The zero-order valence-corrected chi connectivity index (χ0v) is 19.9. The fraction of sp³-hybridized carbons (Fsp3) is 0.333. The van der Waals surface area contributed by atoms with Gasteiger partial charge in [0.25, 0.3) is 0 Å². The molecule has 2 aromatic carbocycles. The second-order valence-corrected chi connectivity index (χ2v) is 9.89. The lowest BCUT2D eigenvalue weighted by Gasteiger charge is -2.15. The molecule has 1 aliphatic rings. The predicted molar refractivity (Wildman–Crippen MR) is 130 cm³/mol. The Morgan fingerprint density at radius 2 is 1.94 bits per heavy atom. The van der Waals surface area contributed by atoms with Gasteiger partial charge in [0, 0.05) is 50.6 Å². The van der Waals surface area contributed by atoms with Crippen LogP contribution in [0.5, 0.6) is 5.75 Å². The summed E-state index contributed by atoms with van der Waals surface area (Å²) in [6, 6.07) is 12.6. The van der Waals surface area contributed by atoms with Gasteiger partial charge in [-0.1, -0.05) is 16.3 Å². The molecule has 33 heavy (non-hydrogen) atoms. The average molecular weight is 471 g/mol. The Bertz CT molecular complexity index is 1260.